The number of rotatable bonds is 2. The lowest BCUT2D eigenvalue weighted by Gasteiger charge is -2.12. The van der Waals surface area contributed by atoms with Crippen molar-refractivity contribution in [1.29, 1.82) is 5.41 Å². The highest BCUT2D eigenvalue weighted by atomic mass is 32.1. The van der Waals surface area contributed by atoms with Crippen molar-refractivity contribution in [3.63, 3.8) is 0 Å². The fraction of sp³-hybridized carbons (Fsp3) is 0.105. The van der Waals surface area contributed by atoms with Crippen LogP contribution in [-0.2, 0) is 9.59 Å². The number of nitrogens with zero attached hydrogens (tertiary/aromatic N) is 3. The van der Waals surface area contributed by atoms with Gasteiger partial charge in [-0.05, 0) is 18.2 Å². The minimum absolute atomic E-state index is 0.0433. The molecule has 1 unspecified atom stereocenters. The van der Waals surface area contributed by atoms with E-state index in [2.05, 4.69) is 15.4 Å². The summed E-state index contributed by atoms with van der Waals surface area (Å²) in [4.78, 5) is 29.3. The first-order valence-electron chi connectivity index (χ1n) is 8.35. The van der Waals surface area contributed by atoms with Gasteiger partial charge in [0.25, 0.3) is 5.91 Å². The molecule has 2 aromatic carbocycles. The molecule has 2 N–H and O–H groups in total. The highest BCUT2D eigenvalue weighted by molar-refractivity contribution is 7.18. The second kappa shape index (κ2) is 5.82. The summed E-state index contributed by atoms with van der Waals surface area (Å²) in [5, 5.41) is 17.4. The van der Waals surface area contributed by atoms with E-state index in [0.717, 1.165) is 10.2 Å². The van der Waals surface area contributed by atoms with E-state index in [9.17, 15) is 9.59 Å². The van der Waals surface area contributed by atoms with Gasteiger partial charge in [0.15, 0.2) is 11.5 Å². The summed E-state index contributed by atoms with van der Waals surface area (Å²) >= 11 is 1.41. The smallest absolute Gasteiger partial charge is 0.276 e. The number of hydrogen-bond acceptors (Lipinski definition) is 6. The third-order valence-electron chi connectivity index (χ3n) is 4.60. The van der Waals surface area contributed by atoms with Crippen molar-refractivity contribution in [2.45, 2.75) is 5.92 Å². The number of carbonyl (C=O) groups excluding carboxylic acids is 2. The van der Waals surface area contributed by atoms with Crippen molar-refractivity contribution in [3.8, 4) is 0 Å². The number of amides is 1. The molecule has 1 atom stereocenters. The van der Waals surface area contributed by atoms with Gasteiger partial charge in [-0.25, -0.2) is 9.99 Å². The Morgan fingerprint density at radius 2 is 1.93 bits per heavy atom. The summed E-state index contributed by atoms with van der Waals surface area (Å²) in [6.45, 7) is -0.0433. The number of hydrogen-bond donors (Lipinski definition) is 2. The Kier molecular flexibility index (Phi) is 3.41. The minimum atomic E-state index is -0.744. The number of nitrogens with one attached hydrogen (secondary N) is 2. The van der Waals surface area contributed by atoms with Gasteiger partial charge >= 0.3 is 0 Å². The topological polar surface area (TPSA) is 98.5 Å². The molecule has 3 aromatic rings. The number of ketones is 1. The highest BCUT2D eigenvalue weighted by Gasteiger charge is 2.40. The van der Waals surface area contributed by atoms with E-state index in [-0.39, 0.29) is 29.8 Å². The SMILES string of the molecule is N=C1C(c2nc3ccccc3s2)C(=O)CN1N=C1C(=O)Nc2ccccc21. The normalized spacial score (nSPS) is 20.6. The summed E-state index contributed by atoms with van der Waals surface area (Å²) in [5.74, 6) is -1.18. The Bertz CT molecular complexity index is 1130. The van der Waals surface area contributed by atoms with Crippen molar-refractivity contribution in [3.05, 3.63) is 59.1 Å². The van der Waals surface area contributed by atoms with Gasteiger partial charge in [0.2, 0.25) is 0 Å². The van der Waals surface area contributed by atoms with Crippen LogP contribution in [0.5, 0.6) is 0 Å². The average molecular weight is 375 g/mol. The van der Waals surface area contributed by atoms with E-state index in [1.165, 1.54) is 16.3 Å². The summed E-state index contributed by atoms with van der Waals surface area (Å²) in [7, 11) is 0. The molecule has 5 rings (SSSR count). The highest BCUT2D eigenvalue weighted by Crippen LogP contribution is 2.33. The molecule has 1 fully saturated rings. The van der Waals surface area contributed by atoms with Gasteiger partial charge in [-0.15, -0.1) is 11.3 Å². The van der Waals surface area contributed by atoms with Crippen LogP contribution in [-0.4, -0.2) is 39.8 Å². The van der Waals surface area contributed by atoms with Crippen LogP contribution in [0.4, 0.5) is 5.69 Å². The first-order chi connectivity index (χ1) is 13.1. The number of fused-ring (bicyclic) bond motifs is 2. The van der Waals surface area contributed by atoms with Gasteiger partial charge in [0.05, 0.1) is 15.9 Å². The Hall–Kier alpha value is -3.39. The molecule has 8 heteroatoms. The zero-order chi connectivity index (χ0) is 18.5. The first-order valence-corrected chi connectivity index (χ1v) is 9.17. The summed E-state index contributed by atoms with van der Waals surface area (Å²) in [6, 6.07) is 14.9. The van der Waals surface area contributed by atoms with E-state index in [0.29, 0.717) is 16.3 Å². The van der Waals surface area contributed by atoms with Gasteiger partial charge in [-0.2, -0.15) is 5.10 Å². The number of amidine groups is 1. The zero-order valence-corrected chi connectivity index (χ0v) is 14.8. The van der Waals surface area contributed by atoms with Crippen molar-refractivity contribution in [2.24, 2.45) is 5.10 Å². The molecule has 3 heterocycles. The van der Waals surface area contributed by atoms with Crippen LogP contribution in [0.25, 0.3) is 10.2 Å². The largest absolute Gasteiger partial charge is 0.320 e. The number of anilines is 1. The Balaban J connectivity index is 1.50. The van der Waals surface area contributed by atoms with Crippen LogP contribution in [0.3, 0.4) is 0 Å². The van der Waals surface area contributed by atoms with E-state index in [1.54, 1.807) is 12.1 Å². The number of para-hydroxylation sites is 2. The molecule has 1 amide bonds. The zero-order valence-electron chi connectivity index (χ0n) is 14.0. The van der Waals surface area contributed by atoms with E-state index in [4.69, 9.17) is 5.41 Å². The van der Waals surface area contributed by atoms with Crippen molar-refractivity contribution >= 4 is 50.5 Å². The van der Waals surface area contributed by atoms with E-state index >= 15 is 0 Å². The van der Waals surface area contributed by atoms with Crippen molar-refractivity contribution in [1.82, 2.24) is 9.99 Å². The van der Waals surface area contributed by atoms with Crippen LogP contribution < -0.4 is 5.32 Å². The Labute approximate surface area is 157 Å². The molecule has 2 aliphatic heterocycles. The molecule has 0 saturated carbocycles. The Morgan fingerprint density at radius 3 is 2.78 bits per heavy atom. The fourth-order valence-electron chi connectivity index (χ4n) is 3.31. The molecular weight excluding hydrogens is 362 g/mol. The monoisotopic (exact) mass is 375 g/mol. The quantitative estimate of drug-likeness (QED) is 0.719. The molecule has 132 valence electrons. The second-order valence-electron chi connectivity index (χ2n) is 6.31. The molecule has 0 bridgehead atoms. The maximum atomic E-state index is 12.6. The van der Waals surface area contributed by atoms with Crippen LogP contribution >= 0.6 is 11.3 Å². The number of hydrazone groups is 1. The molecule has 0 aliphatic carbocycles. The van der Waals surface area contributed by atoms with Gasteiger partial charge in [-0.3, -0.25) is 15.0 Å². The van der Waals surface area contributed by atoms with Gasteiger partial charge < -0.3 is 5.32 Å². The predicted octanol–water partition coefficient (Wildman–Crippen LogP) is 2.60. The molecule has 0 spiro atoms. The fourth-order valence-corrected chi connectivity index (χ4v) is 4.40. The summed E-state index contributed by atoms with van der Waals surface area (Å²) < 4.78 is 0.974. The predicted molar refractivity (Wildman–Crippen MR) is 103 cm³/mol. The number of benzene rings is 2. The molecule has 27 heavy (non-hydrogen) atoms. The molecular formula is C19H13N5O2S. The maximum absolute atomic E-state index is 12.6. The molecule has 0 radical (unpaired) electrons. The van der Waals surface area contributed by atoms with Gasteiger partial charge in [0.1, 0.15) is 23.3 Å². The molecule has 1 aromatic heterocycles. The van der Waals surface area contributed by atoms with Crippen LogP contribution in [0.2, 0.25) is 0 Å². The van der Waals surface area contributed by atoms with Gasteiger partial charge in [0, 0.05) is 5.56 Å². The lowest BCUT2D eigenvalue weighted by Crippen LogP contribution is -2.25. The third kappa shape index (κ3) is 2.45. The van der Waals surface area contributed by atoms with Crippen LogP contribution in [0, 0.1) is 5.41 Å². The van der Waals surface area contributed by atoms with E-state index < -0.39 is 5.92 Å². The average Bonchev–Trinajstić information content (AvgIpc) is 3.29. The molecule has 7 nitrogen and oxygen atoms in total. The van der Waals surface area contributed by atoms with Crippen molar-refractivity contribution in [2.75, 3.05) is 11.9 Å². The van der Waals surface area contributed by atoms with Crippen molar-refractivity contribution < 1.29 is 9.59 Å². The molecule has 1 saturated heterocycles. The van der Waals surface area contributed by atoms with Crippen LogP contribution in [0.1, 0.15) is 16.5 Å². The maximum Gasteiger partial charge on any atom is 0.276 e. The summed E-state index contributed by atoms with van der Waals surface area (Å²) in [5.41, 5.74) is 2.38. The lowest BCUT2D eigenvalue weighted by molar-refractivity contribution is -0.118. The first kappa shape index (κ1) is 15.8. The Morgan fingerprint density at radius 1 is 1.15 bits per heavy atom. The third-order valence-corrected chi connectivity index (χ3v) is 5.70. The second-order valence-corrected chi connectivity index (χ2v) is 7.37. The van der Waals surface area contributed by atoms with Gasteiger partial charge in [-0.1, -0.05) is 30.3 Å². The number of aromatic nitrogens is 1. The molecule has 2 aliphatic rings. The lowest BCUT2D eigenvalue weighted by atomic mass is 10.1. The minimum Gasteiger partial charge on any atom is -0.320 e. The van der Waals surface area contributed by atoms with Crippen LogP contribution in [0.15, 0.2) is 53.6 Å². The number of carbonyl (C=O) groups is 2. The van der Waals surface area contributed by atoms with E-state index in [1.807, 2.05) is 36.4 Å². The number of thiazole rings is 1. The number of Topliss-reactive ketones (excluding diaryl/α,β-unsaturated/α-hetero) is 1. The standard InChI is InChI=1S/C19H13N5O2S/c20-17-15(19-22-12-7-3-4-8-14(12)27-19)13(25)9-24(17)23-16-10-5-1-2-6-11(10)21-18(16)26/h1-8,15,20H,9H2,(H,21,23,26). The summed E-state index contributed by atoms with van der Waals surface area (Å²) in [6.07, 6.45) is 0.